The third-order valence-electron chi connectivity index (χ3n) is 4.98. The molecule has 0 saturated heterocycles. The molecule has 6 nitrogen and oxygen atoms in total. The van der Waals surface area contributed by atoms with Crippen molar-refractivity contribution in [2.75, 3.05) is 0 Å². The second kappa shape index (κ2) is 7.39. The van der Waals surface area contributed by atoms with Gasteiger partial charge in [-0.15, -0.1) is 10.2 Å². The molecule has 142 valence electrons. The lowest BCUT2D eigenvalue weighted by Crippen LogP contribution is -2.30. The molecule has 7 heteroatoms. The van der Waals surface area contributed by atoms with Gasteiger partial charge < -0.3 is 5.32 Å². The molecule has 2 fully saturated rings. The molecule has 2 aliphatic carbocycles. The number of rotatable bonds is 7. The number of aromatic nitrogens is 4. The summed E-state index contributed by atoms with van der Waals surface area (Å²) in [6.45, 7) is 0. The Morgan fingerprint density at radius 2 is 1.89 bits per heavy atom. The van der Waals surface area contributed by atoms with Crippen LogP contribution in [0.2, 0.25) is 0 Å². The summed E-state index contributed by atoms with van der Waals surface area (Å²) in [6.07, 6.45) is 7.94. The van der Waals surface area contributed by atoms with E-state index >= 15 is 0 Å². The first kappa shape index (κ1) is 17.4. The predicted octanol–water partition coefficient (Wildman–Crippen LogP) is 3.79. The Labute approximate surface area is 167 Å². The van der Waals surface area contributed by atoms with Crippen LogP contribution in [0, 0.1) is 0 Å². The van der Waals surface area contributed by atoms with Crippen LogP contribution < -0.4 is 5.32 Å². The van der Waals surface area contributed by atoms with E-state index < -0.39 is 0 Å². The van der Waals surface area contributed by atoms with Crippen LogP contribution in [0.1, 0.15) is 42.5 Å². The molecule has 0 spiro atoms. The molecule has 2 heterocycles. The molecular weight excluding hydrogens is 370 g/mol. The molecule has 0 unspecified atom stereocenters. The molecule has 2 aliphatic rings. The molecule has 0 bridgehead atoms. The first-order valence-electron chi connectivity index (χ1n) is 9.67. The van der Waals surface area contributed by atoms with Crippen molar-refractivity contribution in [3.05, 3.63) is 60.4 Å². The average molecular weight is 392 g/mol. The van der Waals surface area contributed by atoms with Gasteiger partial charge in [0, 0.05) is 30.0 Å². The number of hydrogen-bond donors (Lipinski definition) is 1. The Morgan fingerprint density at radius 1 is 1.07 bits per heavy atom. The summed E-state index contributed by atoms with van der Waals surface area (Å²) in [6, 6.07) is 14.6. The third-order valence-corrected chi connectivity index (χ3v) is 6.19. The summed E-state index contributed by atoms with van der Waals surface area (Å²) in [5.41, 5.74) is 1.94. The van der Waals surface area contributed by atoms with Crippen molar-refractivity contribution < 1.29 is 4.79 Å². The second-order valence-electron chi connectivity index (χ2n) is 7.34. The van der Waals surface area contributed by atoms with Crippen molar-refractivity contribution in [2.24, 2.45) is 0 Å². The molecule has 3 aromatic rings. The summed E-state index contributed by atoms with van der Waals surface area (Å²) in [4.78, 5) is 17.2. The summed E-state index contributed by atoms with van der Waals surface area (Å²) in [5.74, 6) is 0.875. The second-order valence-corrected chi connectivity index (χ2v) is 8.41. The Hall–Kier alpha value is -2.67. The lowest BCUT2D eigenvalue weighted by molar-refractivity contribution is -0.120. The van der Waals surface area contributed by atoms with E-state index in [9.17, 15) is 4.79 Å². The quantitative estimate of drug-likeness (QED) is 0.621. The molecular formula is C21H21N5OS. The number of carbonyl (C=O) groups excluding carboxylic acids is 1. The third kappa shape index (κ3) is 3.67. The van der Waals surface area contributed by atoms with Crippen LogP contribution in [0.25, 0.3) is 11.4 Å². The van der Waals surface area contributed by atoms with Gasteiger partial charge >= 0.3 is 0 Å². The summed E-state index contributed by atoms with van der Waals surface area (Å²) >= 11 is 1.49. The topological polar surface area (TPSA) is 72.7 Å². The van der Waals surface area contributed by atoms with E-state index in [2.05, 4.69) is 25.1 Å². The molecule has 1 atom stereocenters. The van der Waals surface area contributed by atoms with E-state index in [-0.39, 0.29) is 11.2 Å². The maximum atomic E-state index is 13.0. The smallest absolute Gasteiger partial charge is 0.238 e. The number of amides is 1. The fourth-order valence-electron chi connectivity index (χ4n) is 3.22. The van der Waals surface area contributed by atoms with E-state index in [4.69, 9.17) is 0 Å². The van der Waals surface area contributed by atoms with Crippen LogP contribution in [0.3, 0.4) is 0 Å². The number of thioether (sulfide) groups is 1. The highest BCUT2D eigenvalue weighted by Gasteiger charge is 2.34. The number of nitrogens with zero attached hydrogens (tertiary/aromatic N) is 4. The number of pyridine rings is 1. The highest BCUT2D eigenvalue weighted by molar-refractivity contribution is 8.00. The number of carbonyl (C=O) groups is 1. The van der Waals surface area contributed by atoms with Gasteiger partial charge in [0.15, 0.2) is 11.0 Å². The van der Waals surface area contributed by atoms with E-state index in [1.807, 2.05) is 48.7 Å². The lowest BCUT2D eigenvalue weighted by atomic mass is 10.1. The maximum absolute atomic E-state index is 13.0. The van der Waals surface area contributed by atoms with Crippen LogP contribution in [0.5, 0.6) is 0 Å². The highest BCUT2D eigenvalue weighted by Crippen LogP contribution is 2.44. The Kier molecular flexibility index (Phi) is 4.60. The Balaban J connectivity index is 1.49. The zero-order chi connectivity index (χ0) is 18.9. The van der Waals surface area contributed by atoms with Gasteiger partial charge in [0.1, 0.15) is 5.25 Å². The predicted molar refractivity (Wildman–Crippen MR) is 108 cm³/mol. The van der Waals surface area contributed by atoms with Crippen LogP contribution in [-0.2, 0) is 4.79 Å². The molecule has 0 aliphatic heterocycles. The fourth-order valence-corrected chi connectivity index (χ4v) is 4.34. The van der Waals surface area contributed by atoms with E-state index in [0.29, 0.717) is 12.1 Å². The van der Waals surface area contributed by atoms with E-state index in [0.717, 1.165) is 47.8 Å². The zero-order valence-corrected chi connectivity index (χ0v) is 16.2. The van der Waals surface area contributed by atoms with E-state index in [1.54, 1.807) is 6.20 Å². The monoisotopic (exact) mass is 391 g/mol. The molecule has 1 amide bonds. The van der Waals surface area contributed by atoms with Gasteiger partial charge in [-0.05, 0) is 43.4 Å². The standard InChI is InChI=1S/C21H21N5OS/c27-20(23-16-8-9-16)18(14-5-2-1-3-6-14)28-21-25-24-19(26(21)17-10-11-17)15-7-4-12-22-13-15/h1-7,12-13,16-18H,8-11H2,(H,23,27)/t18-/m1/s1. The van der Waals surface area contributed by atoms with Crippen LogP contribution in [0.15, 0.2) is 60.0 Å². The molecule has 2 saturated carbocycles. The SMILES string of the molecule is O=C(NC1CC1)[C@H](Sc1nnc(-c2cccnc2)n1C1CC1)c1ccccc1. The van der Waals surface area contributed by atoms with Crippen LogP contribution >= 0.6 is 11.8 Å². The average Bonchev–Trinajstić information content (AvgIpc) is 3.67. The van der Waals surface area contributed by atoms with Crippen LogP contribution in [0.4, 0.5) is 0 Å². The van der Waals surface area contributed by atoms with Crippen LogP contribution in [-0.4, -0.2) is 31.7 Å². The normalized spacial score (nSPS) is 17.3. The highest BCUT2D eigenvalue weighted by atomic mass is 32.2. The van der Waals surface area contributed by atoms with Gasteiger partial charge in [-0.2, -0.15) is 0 Å². The first-order valence-corrected chi connectivity index (χ1v) is 10.5. The Bertz CT molecular complexity index is 967. The molecule has 0 radical (unpaired) electrons. The van der Waals surface area contributed by atoms with Gasteiger partial charge in [0.05, 0.1) is 0 Å². The Morgan fingerprint density at radius 3 is 2.57 bits per heavy atom. The largest absolute Gasteiger partial charge is 0.352 e. The summed E-state index contributed by atoms with van der Waals surface area (Å²) in [5, 5.41) is 12.5. The number of benzene rings is 1. The van der Waals surface area contributed by atoms with Crippen molar-refractivity contribution >= 4 is 17.7 Å². The fraction of sp³-hybridized carbons (Fsp3) is 0.333. The number of hydrogen-bond acceptors (Lipinski definition) is 5. The molecule has 1 aromatic carbocycles. The number of nitrogens with one attached hydrogen (secondary N) is 1. The lowest BCUT2D eigenvalue weighted by Gasteiger charge is -2.17. The summed E-state index contributed by atoms with van der Waals surface area (Å²) < 4.78 is 2.18. The van der Waals surface area contributed by atoms with Gasteiger partial charge in [-0.25, -0.2) is 0 Å². The first-order chi connectivity index (χ1) is 13.8. The molecule has 5 rings (SSSR count). The van der Waals surface area contributed by atoms with E-state index in [1.165, 1.54) is 11.8 Å². The van der Waals surface area contributed by atoms with Crippen molar-refractivity contribution in [2.45, 2.75) is 48.2 Å². The minimum Gasteiger partial charge on any atom is -0.352 e. The van der Waals surface area contributed by atoms with Gasteiger partial charge in [-0.1, -0.05) is 42.1 Å². The van der Waals surface area contributed by atoms with Gasteiger partial charge in [0.25, 0.3) is 0 Å². The molecule has 2 aromatic heterocycles. The van der Waals surface area contributed by atoms with Crippen molar-refractivity contribution in [1.29, 1.82) is 0 Å². The zero-order valence-electron chi connectivity index (χ0n) is 15.4. The van der Waals surface area contributed by atoms with Crippen molar-refractivity contribution in [1.82, 2.24) is 25.1 Å². The maximum Gasteiger partial charge on any atom is 0.238 e. The molecule has 1 N–H and O–H groups in total. The van der Waals surface area contributed by atoms with Crippen molar-refractivity contribution in [3.63, 3.8) is 0 Å². The minimum absolute atomic E-state index is 0.0481. The van der Waals surface area contributed by atoms with Crippen molar-refractivity contribution in [3.8, 4) is 11.4 Å². The van der Waals surface area contributed by atoms with Gasteiger partial charge in [0.2, 0.25) is 5.91 Å². The minimum atomic E-state index is -0.342. The van der Waals surface area contributed by atoms with Gasteiger partial charge in [-0.3, -0.25) is 14.3 Å². The summed E-state index contributed by atoms with van der Waals surface area (Å²) in [7, 11) is 0. The molecule has 28 heavy (non-hydrogen) atoms.